The molecule has 0 fully saturated rings. The lowest BCUT2D eigenvalue weighted by molar-refractivity contribution is -0.146. The molecule has 0 saturated heterocycles. The number of hydrogen-bond acceptors (Lipinski definition) is 5. The molecule has 1 aliphatic heterocycles. The molecule has 3 rings (SSSR count). The van der Waals surface area contributed by atoms with Crippen LogP contribution in [-0.4, -0.2) is 47.0 Å². The summed E-state index contributed by atoms with van der Waals surface area (Å²) in [5.41, 5.74) is 8.74. The number of alkyl carbamates (subject to hydrolysis) is 1. The molecule has 1 heterocycles. The van der Waals surface area contributed by atoms with Gasteiger partial charge in [-0.25, -0.2) is 4.79 Å². The molecule has 2 unspecified atom stereocenters. The summed E-state index contributed by atoms with van der Waals surface area (Å²) in [7, 11) is 0. The van der Waals surface area contributed by atoms with Crippen molar-refractivity contribution in [1.82, 2.24) is 5.32 Å². The van der Waals surface area contributed by atoms with E-state index in [0.29, 0.717) is 17.6 Å². The molecule has 0 bridgehead atoms. The molecule has 0 aliphatic carbocycles. The number of carboxylic acid groups (broad SMARTS) is 1. The van der Waals surface area contributed by atoms with Crippen LogP contribution in [0.2, 0.25) is 0 Å². The third-order valence-corrected chi connectivity index (χ3v) is 7.18. The summed E-state index contributed by atoms with van der Waals surface area (Å²) in [5.74, 6) is -1.17. The van der Waals surface area contributed by atoms with E-state index in [1.54, 1.807) is 32.9 Å². The van der Waals surface area contributed by atoms with Gasteiger partial charge in [0.1, 0.15) is 11.0 Å². The summed E-state index contributed by atoms with van der Waals surface area (Å²) in [6.45, 7) is 13.5. The summed E-state index contributed by atoms with van der Waals surface area (Å²) in [6.07, 6.45) is 0.320. The molecule has 2 aromatic carbocycles. The maximum atomic E-state index is 13.5. The number of hydrogen-bond donors (Lipinski definition) is 3. The van der Waals surface area contributed by atoms with Crippen molar-refractivity contribution in [3.05, 3.63) is 76.4 Å². The molecule has 4 N–H and O–H groups in total. The minimum Gasteiger partial charge on any atom is -0.481 e. The first-order valence-corrected chi connectivity index (χ1v) is 14.1. The zero-order chi connectivity index (χ0) is 30.5. The van der Waals surface area contributed by atoms with Gasteiger partial charge in [-0.05, 0) is 81.2 Å². The Hall–Kier alpha value is -3.94. The minimum absolute atomic E-state index is 0.0724. The Morgan fingerprint density at radius 2 is 1.63 bits per heavy atom. The molecule has 0 aromatic heterocycles. The van der Waals surface area contributed by atoms with Crippen LogP contribution in [0.4, 0.5) is 4.79 Å². The highest BCUT2D eigenvalue weighted by Crippen LogP contribution is 2.48. The van der Waals surface area contributed by atoms with Crippen LogP contribution in [0.3, 0.4) is 0 Å². The molecule has 8 nitrogen and oxygen atoms in total. The van der Waals surface area contributed by atoms with Gasteiger partial charge in [-0.3, -0.25) is 14.6 Å². The van der Waals surface area contributed by atoms with Crippen molar-refractivity contribution in [2.24, 2.45) is 22.1 Å². The third-order valence-electron chi connectivity index (χ3n) is 7.18. The largest absolute Gasteiger partial charge is 0.481 e. The van der Waals surface area contributed by atoms with Gasteiger partial charge in [-0.1, -0.05) is 67.9 Å². The first-order chi connectivity index (χ1) is 19.1. The summed E-state index contributed by atoms with van der Waals surface area (Å²) < 4.78 is 5.49. The molecule has 220 valence electrons. The number of nitrogens with zero attached hydrogens (tertiary/aromatic N) is 1. The minimum atomic E-state index is -1.42. The monoisotopic (exact) mass is 561 g/mol. The van der Waals surface area contributed by atoms with Gasteiger partial charge in [0, 0.05) is 12.3 Å². The number of nitrogens with two attached hydrogens (primary N) is 1. The first-order valence-electron chi connectivity index (χ1n) is 14.1. The predicted octanol–water partition coefficient (Wildman–Crippen LogP) is 5.50. The molecule has 2 amide bonds. The standard InChI is InChI=1S/C33H43N3O5/c1-20(2)16-27-26(19-35-31(40)41-32(5,6)7)29(25-14-8-21(3)9-15-25)33(30(38)39,22(4)36-27)18-24-12-10-23(11-13-24)17-28(34)37/h8-15,20,22H,16-19H2,1-7H3,(H2,34,37)(H,35,40)(H,38,39). The van der Waals surface area contributed by atoms with Crippen molar-refractivity contribution in [2.45, 2.75) is 79.4 Å². The molecule has 41 heavy (non-hydrogen) atoms. The molecular formula is C33H43N3O5. The third kappa shape index (κ3) is 7.84. The van der Waals surface area contributed by atoms with E-state index < -0.39 is 35.0 Å². The number of carbonyl (C=O) groups is 3. The van der Waals surface area contributed by atoms with E-state index in [1.165, 1.54) is 0 Å². The number of aryl methyl sites for hydroxylation is 1. The summed E-state index contributed by atoms with van der Waals surface area (Å²) in [4.78, 5) is 42.6. The first kappa shape index (κ1) is 31.6. The van der Waals surface area contributed by atoms with E-state index in [4.69, 9.17) is 15.5 Å². The fourth-order valence-electron chi connectivity index (χ4n) is 5.32. The van der Waals surface area contributed by atoms with Crippen LogP contribution in [0.5, 0.6) is 0 Å². The maximum Gasteiger partial charge on any atom is 0.407 e. The number of dihydropyridines is 1. The summed E-state index contributed by atoms with van der Waals surface area (Å²) in [6, 6.07) is 14.5. The van der Waals surface area contributed by atoms with Gasteiger partial charge in [-0.2, -0.15) is 0 Å². The number of carboxylic acids is 1. The normalized spacial score (nSPS) is 19.1. The van der Waals surface area contributed by atoms with Crippen LogP contribution in [0, 0.1) is 18.3 Å². The Kier molecular flexibility index (Phi) is 9.79. The van der Waals surface area contributed by atoms with Crippen LogP contribution >= 0.6 is 0 Å². The van der Waals surface area contributed by atoms with Crippen molar-refractivity contribution < 1.29 is 24.2 Å². The van der Waals surface area contributed by atoms with Gasteiger partial charge >= 0.3 is 12.1 Å². The van der Waals surface area contributed by atoms with Crippen LogP contribution in [-0.2, 0) is 27.2 Å². The summed E-state index contributed by atoms with van der Waals surface area (Å²) in [5, 5.41) is 13.9. The van der Waals surface area contributed by atoms with Crippen molar-refractivity contribution >= 4 is 29.3 Å². The molecule has 0 radical (unpaired) electrons. The van der Waals surface area contributed by atoms with E-state index in [0.717, 1.165) is 28.0 Å². The Labute approximate surface area is 243 Å². The lowest BCUT2D eigenvalue weighted by atomic mass is 9.64. The number of amides is 2. The number of aliphatic imine (C=N–C) groups is 1. The van der Waals surface area contributed by atoms with Crippen LogP contribution < -0.4 is 11.1 Å². The lowest BCUT2D eigenvalue weighted by Crippen LogP contribution is -2.48. The smallest absolute Gasteiger partial charge is 0.407 e. The van der Waals surface area contributed by atoms with Gasteiger partial charge in [-0.15, -0.1) is 0 Å². The molecule has 2 aromatic rings. The highest BCUT2D eigenvalue weighted by molar-refractivity contribution is 6.13. The predicted molar refractivity (Wildman–Crippen MR) is 162 cm³/mol. The van der Waals surface area contributed by atoms with Crippen molar-refractivity contribution in [3.63, 3.8) is 0 Å². The lowest BCUT2D eigenvalue weighted by Gasteiger charge is -2.42. The van der Waals surface area contributed by atoms with E-state index in [2.05, 4.69) is 19.2 Å². The van der Waals surface area contributed by atoms with Gasteiger partial charge in [0.25, 0.3) is 0 Å². The SMILES string of the molecule is Cc1ccc(C2=C(CNC(=O)OC(C)(C)C)C(CC(C)C)=NC(C)C2(Cc2ccc(CC(N)=O)cc2)C(=O)O)cc1. The highest BCUT2D eigenvalue weighted by atomic mass is 16.6. The van der Waals surface area contributed by atoms with Crippen molar-refractivity contribution in [2.75, 3.05) is 6.54 Å². The Morgan fingerprint density at radius 1 is 1.05 bits per heavy atom. The second-order valence-corrected chi connectivity index (χ2v) is 12.3. The Balaban J connectivity index is 2.23. The topological polar surface area (TPSA) is 131 Å². The van der Waals surface area contributed by atoms with E-state index in [1.807, 2.05) is 50.2 Å². The fourth-order valence-corrected chi connectivity index (χ4v) is 5.32. The van der Waals surface area contributed by atoms with Crippen molar-refractivity contribution in [3.8, 4) is 0 Å². The van der Waals surface area contributed by atoms with Gasteiger partial charge < -0.3 is 20.9 Å². The molecule has 0 saturated carbocycles. The second-order valence-electron chi connectivity index (χ2n) is 12.3. The van der Waals surface area contributed by atoms with Crippen LogP contribution in [0.1, 0.15) is 70.2 Å². The van der Waals surface area contributed by atoms with E-state index in [-0.39, 0.29) is 25.3 Å². The van der Waals surface area contributed by atoms with Gasteiger partial charge in [0.05, 0.1) is 12.5 Å². The average molecular weight is 562 g/mol. The number of primary amides is 1. The van der Waals surface area contributed by atoms with Crippen molar-refractivity contribution in [1.29, 1.82) is 0 Å². The highest BCUT2D eigenvalue weighted by Gasteiger charge is 2.51. The van der Waals surface area contributed by atoms with Crippen LogP contribution in [0.25, 0.3) is 5.57 Å². The quantitative estimate of drug-likeness (QED) is 0.352. The zero-order valence-electron chi connectivity index (χ0n) is 25.2. The maximum absolute atomic E-state index is 13.5. The number of carbonyl (C=O) groups excluding carboxylic acids is 2. The number of benzene rings is 2. The molecule has 8 heteroatoms. The molecule has 1 aliphatic rings. The number of rotatable bonds is 10. The summed E-state index contributed by atoms with van der Waals surface area (Å²) >= 11 is 0. The Bertz CT molecular complexity index is 1330. The Morgan fingerprint density at radius 3 is 2.15 bits per heavy atom. The fraction of sp³-hybridized carbons (Fsp3) is 0.455. The average Bonchev–Trinajstić information content (AvgIpc) is 2.84. The number of ether oxygens (including phenoxy) is 1. The molecule has 0 spiro atoms. The van der Waals surface area contributed by atoms with Crippen LogP contribution in [0.15, 0.2) is 59.1 Å². The van der Waals surface area contributed by atoms with E-state index >= 15 is 0 Å². The molecule has 2 atom stereocenters. The molecular weight excluding hydrogens is 518 g/mol. The van der Waals surface area contributed by atoms with Gasteiger partial charge in [0.2, 0.25) is 5.91 Å². The van der Waals surface area contributed by atoms with E-state index in [9.17, 15) is 19.5 Å². The van der Waals surface area contributed by atoms with Gasteiger partial charge in [0.15, 0.2) is 0 Å². The zero-order valence-corrected chi connectivity index (χ0v) is 25.2. The second kappa shape index (κ2) is 12.7. The number of nitrogens with one attached hydrogen (secondary N) is 1. The number of aliphatic carboxylic acids is 1.